The molecule has 2 aromatic carbocycles. The number of carbonyl (C=O) groups is 2. The van der Waals surface area contributed by atoms with Crippen LogP contribution in [0.25, 0.3) is 0 Å². The molecule has 0 spiro atoms. The molecular weight excluding hydrogens is 336 g/mol. The molecule has 1 unspecified atom stereocenters. The van der Waals surface area contributed by atoms with Crippen LogP contribution in [0.5, 0.6) is 5.75 Å². The number of aromatic carboxylic acids is 1. The highest BCUT2D eigenvalue weighted by Gasteiger charge is 2.27. The molecule has 1 amide bonds. The summed E-state index contributed by atoms with van der Waals surface area (Å²) in [5.74, 6) is -1.95. The van der Waals surface area contributed by atoms with Gasteiger partial charge >= 0.3 is 5.97 Å². The van der Waals surface area contributed by atoms with Crippen molar-refractivity contribution in [3.8, 4) is 5.75 Å². The minimum Gasteiger partial charge on any atom is -0.507 e. The van der Waals surface area contributed by atoms with E-state index in [4.69, 9.17) is 9.84 Å². The Morgan fingerprint density at radius 2 is 1.96 bits per heavy atom. The van der Waals surface area contributed by atoms with Crippen molar-refractivity contribution in [3.63, 3.8) is 0 Å². The Kier molecular flexibility index (Phi) is 5.50. The monoisotopic (exact) mass is 356 g/mol. The van der Waals surface area contributed by atoms with E-state index in [0.717, 1.165) is 18.7 Å². The Balaban J connectivity index is 1.62. The van der Waals surface area contributed by atoms with Crippen LogP contribution in [-0.2, 0) is 16.1 Å². The predicted molar refractivity (Wildman–Crippen MR) is 95.2 cm³/mol. The van der Waals surface area contributed by atoms with Crippen molar-refractivity contribution in [3.05, 3.63) is 59.7 Å². The van der Waals surface area contributed by atoms with E-state index in [1.54, 1.807) is 0 Å². The zero-order chi connectivity index (χ0) is 18.5. The minimum atomic E-state index is -1.26. The summed E-state index contributed by atoms with van der Waals surface area (Å²) >= 11 is 0. The van der Waals surface area contributed by atoms with Crippen LogP contribution in [-0.4, -0.2) is 52.8 Å². The fourth-order valence-electron chi connectivity index (χ4n) is 2.85. The number of hydrogen-bond donors (Lipinski definition) is 3. The number of benzene rings is 2. The van der Waals surface area contributed by atoms with Gasteiger partial charge in [-0.3, -0.25) is 9.69 Å². The second-order valence-electron chi connectivity index (χ2n) is 6.11. The van der Waals surface area contributed by atoms with Crippen molar-refractivity contribution >= 4 is 17.6 Å². The normalized spacial score (nSPS) is 17.6. The van der Waals surface area contributed by atoms with Crippen molar-refractivity contribution in [1.82, 2.24) is 4.90 Å². The van der Waals surface area contributed by atoms with Crippen LogP contribution in [0.1, 0.15) is 15.9 Å². The number of amides is 1. The Morgan fingerprint density at radius 1 is 1.19 bits per heavy atom. The number of morpholine rings is 1. The Hall–Kier alpha value is -2.90. The van der Waals surface area contributed by atoms with E-state index in [1.807, 2.05) is 30.3 Å². The van der Waals surface area contributed by atoms with Gasteiger partial charge in [-0.1, -0.05) is 30.3 Å². The Labute approximate surface area is 150 Å². The van der Waals surface area contributed by atoms with Gasteiger partial charge in [0, 0.05) is 25.3 Å². The quantitative estimate of drug-likeness (QED) is 0.708. The molecule has 0 radical (unpaired) electrons. The lowest BCUT2D eigenvalue weighted by molar-refractivity contribution is -0.133. The number of carboxylic acid groups (broad SMARTS) is 1. The first-order chi connectivity index (χ1) is 12.5. The Morgan fingerprint density at radius 3 is 2.69 bits per heavy atom. The average molecular weight is 356 g/mol. The molecular formula is C19H20N2O5. The van der Waals surface area contributed by atoms with Crippen LogP contribution in [0.15, 0.2) is 48.5 Å². The van der Waals surface area contributed by atoms with Gasteiger partial charge in [-0.25, -0.2) is 4.79 Å². The van der Waals surface area contributed by atoms with Gasteiger partial charge in [-0.05, 0) is 23.8 Å². The molecule has 1 atom stereocenters. The zero-order valence-electron chi connectivity index (χ0n) is 14.1. The van der Waals surface area contributed by atoms with E-state index in [-0.39, 0.29) is 17.2 Å². The van der Waals surface area contributed by atoms with Crippen molar-refractivity contribution in [2.24, 2.45) is 0 Å². The van der Waals surface area contributed by atoms with Crippen LogP contribution in [0.2, 0.25) is 0 Å². The molecule has 1 heterocycles. The second kappa shape index (κ2) is 7.99. The molecule has 1 saturated heterocycles. The predicted octanol–water partition coefficient (Wildman–Crippen LogP) is 1.93. The van der Waals surface area contributed by atoms with E-state index in [1.165, 1.54) is 18.2 Å². The first kappa shape index (κ1) is 17.9. The van der Waals surface area contributed by atoms with E-state index >= 15 is 0 Å². The Bertz CT molecular complexity index is 794. The number of ether oxygens (including phenoxy) is 1. The van der Waals surface area contributed by atoms with E-state index < -0.39 is 12.1 Å². The lowest BCUT2D eigenvalue weighted by Crippen LogP contribution is -2.47. The highest BCUT2D eigenvalue weighted by Crippen LogP contribution is 2.22. The summed E-state index contributed by atoms with van der Waals surface area (Å²) in [5, 5.41) is 21.2. The summed E-state index contributed by atoms with van der Waals surface area (Å²) in [6.45, 7) is 2.36. The molecule has 1 aliphatic heterocycles. The fraction of sp³-hybridized carbons (Fsp3) is 0.263. The smallest absolute Gasteiger partial charge is 0.339 e. The number of aromatic hydroxyl groups is 1. The third-order valence-corrected chi connectivity index (χ3v) is 4.19. The highest BCUT2D eigenvalue weighted by atomic mass is 16.5. The molecule has 0 aliphatic carbocycles. The molecule has 0 aromatic heterocycles. The summed E-state index contributed by atoms with van der Waals surface area (Å²) < 4.78 is 5.56. The lowest BCUT2D eigenvalue weighted by atomic mass is 10.1. The van der Waals surface area contributed by atoms with Gasteiger partial charge in [0.25, 0.3) is 5.91 Å². The highest BCUT2D eigenvalue weighted by molar-refractivity contribution is 5.97. The SMILES string of the molecule is O=C(O)c1cc(NC(=O)C2CN(Cc3ccccc3)CCO2)ccc1O. The molecule has 0 bridgehead atoms. The number of carboxylic acids is 1. The van der Waals surface area contributed by atoms with Crippen LogP contribution in [0.4, 0.5) is 5.69 Å². The topological polar surface area (TPSA) is 99.1 Å². The number of phenols is 1. The van der Waals surface area contributed by atoms with Crippen LogP contribution < -0.4 is 5.32 Å². The average Bonchev–Trinajstić information content (AvgIpc) is 2.64. The van der Waals surface area contributed by atoms with E-state index in [0.29, 0.717) is 18.8 Å². The molecule has 2 aromatic rings. The maximum Gasteiger partial charge on any atom is 0.339 e. The number of nitrogens with zero attached hydrogens (tertiary/aromatic N) is 1. The van der Waals surface area contributed by atoms with Crippen LogP contribution >= 0.6 is 0 Å². The maximum atomic E-state index is 12.5. The largest absolute Gasteiger partial charge is 0.507 e. The molecule has 1 fully saturated rings. The number of hydrogen-bond acceptors (Lipinski definition) is 5. The molecule has 136 valence electrons. The van der Waals surface area contributed by atoms with Crippen molar-refractivity contribution in [2.45, 2.75) is 12.6 Å². The van der Waals surface area contributed by atoms with Gasteiger partial charge < -0.3 is 20.3 Å². The van der Waals surface area contributed by atoms with Crippen molar-refractivity contribution in [2.75, 3.05) is 25.0 Å². The molecule has 26 heavy (non-hydrogen) atoms. The number of rotatable bonds is 5. The van der Waals surface area contributed by atoms with Gasteiger partial charge in [-0.2, -0.15) is 0 Å². The molecule has 3 rings (SSSR count). The maximum absolute atomic E-state index is 12.5. The zero-order valence-corrected chi connectivity index (χ0v) is 14.1. The minimum absolute atomic E-state index is 0.266. The van der Waals surface area contributed by atoms with Gasteiger partial charge in [0.15, 0.2) is 0 Å². The summed E-state index contributed by atoms with van der Waals surface area (Å²) in [6.07, 6.45) is -0.644. The van der Waals surface area contributed by atoms with E-state index in [9.17, 15) is 14.7 Å². The standard InChI is InChI=1S/C19H20N2O5/c22-16-7-6-14(10-15(16)19(24)25)20-18(23)17-12-21(8-9-26-17)11-13-4-2-1-3-5-13/h1-7,10,17,22H,8-9,11-12H2,(H,20,23)(H,24,25). The fourth-order valence-corrected chi connectivity index (χ4v) is 2.85. The number of nitrogens with one attached hydrogen (secondary N) is 1. The molecule has 7 nitrogen and oxygen atoms in total. The first-order valence-corrected chi connectivity index (χ1v) is 8.28. The third-order valence-electron chi connectivity index (χ3n) is 4.19. The van der Waals surface area contributed by atoms with Gasteiger partial charge in [-0.15, -0.1) is 0 Å². The molecule has 0 saturated carbocycles. The first-order valence-electron chi connectivity index (χ1n) is 8.28. The van der Waals surface area contributed by atoms with E-state index in [2.05, 4.69) is 10.2 Å². The van der Waals surface area contributed by atoms with Crippen LogP contribution in [0, 0.1) is 0 Å². The van der Waals surface area contributed by atoms with Gasteiger partial charge in [0.05, 0.1) is 6.61 Å². The van der Waals surface area contributed by atoms with Gasteiger partial charge in [0.2, 0.25) is 0 Å². The number of anilines is 1. The molecule has 1 aliphatic rings. The summed E-state index contributed by atoms with van der Waals surface area (Å²) in [4.78, 5) is 25.7. The summed E-state index contributed by atoms with van der Waals surface area (Å²) in [5.41, 5.74) is 1.20. The number of carbonyl (C=O) groups excluding carboxylic acids is 1. The summed E-state index contributed by atoms with van der Waals surface area (Å²) in [7, 11) is 0. The van der Waals surface area contributed by atoms with Crippen molar-refractivity contribution < 1.29 is 24.5 Å². The third kappa shape index (κ3) is 4.38. The second-order valence-corrected chi connectivity index (χ2v) is 6.11. The summed E-state index contributed by atoms with van der Waals surface area (Å²) in [6, 6.07) is 13.9. The van der Waals surface area contributed by atoms with Crippen molar-refractivity contribution in [1.29, 1.82) is 0 Å². The lowest BCUT2D eigenvalue weighted by Gasteiger charge is -2.32. The molecule has 3 N–H and O–H groups in total. The van der Waals surface area contributed by atoms with Gasteiger partial charge in [0.1, 0.15) is 17.4 Å². The van der Waals surface area contributed by atoms with Crippen LogP contribution in [0.3, 0.4) is 0 Å². The molecule has 7 heteroatoms.